The maximum Gasteiger partial charge on any atom is 0.387 e. The van der Waals surface area contributed by atoms with E-state index >= 15 is 0 Å². The van der Waals surface area contributed by atoms with Crippen LogP contribution in [0.25, 0.3) is 17.1 Å². The van der Waals surface area contributed by atoms with E-state index in [9.17, 15) is 13.6 Å². The van der Waals surface area contributed by atoms with Crippen molar-refractivity contribution in [1.29, 1.82) is 0 Å². The highest BCUT2D eigenvalue weighted by Crippen LogP contribution is 2.30. The average molecular weight is 415 g/mol. The molecule has 8 heteroatoms. The lowest BCUT2D eigenvalue weighted by molar-refractivity contribution is -0.116. The highest BCUT2D eigenvalue weighted by atomic mass is 19.3. The van der Waals surface area contributed by atoms with Crippen molar-refractivity contribution in [2.24, 2.45) is 0 Å². The second-order valence-electron chi connectivity index (χ2n) is 6.44. The van der Waals surface area contributed by atoms with Crippen LogP contribution in [0.4, 0.5) is 8.78 Å². The first-order valence-corrected chi connectivity index (χ1v) is 9.57. The van der Waals surface area contributed by atoms with Crippen LogP contribution in [0.15, 0.2) is 48.5 Å². The molecule has 3 aromatic rings. The maximum absolute atomic E-state index is 12.5. The highest BCUT2D eigenvalue weighted by molar-refractivity contribution is 5.91. The summed E-state index contributed by atoms with van der Waals surface area (Å²) in [6.45, 7) is 2.07. The number of halogens is 2. The third-order valence-corrected chi connectivity index (χ3v) is 4.39. The number of imidazole rings is 1. The normalized spacial score (nSPS) is 11.4. The third kappa shape index (κ3) is 5.34. The standard InChI is InChI=1S/C22H23F2N3O3/c1-3-29-20-14-16(8-10-19(20)30-22(23)24)9-11-21(28)25-12-13-27-15(2)26-17-6-4-5-7-18(17)27/h4-11,14,22H,3,12-13H2,1-2H3,(H,25,28)/b11-9+. The fraction of sp³-hybridized carbons (Fsp3) is 0.273. The summed E-state index contributed by atoms with van der Waals surface area (Å²) in [6, 6.07) is 12.4. The van der Waals surface area contributed by atoms with Gasteiger partial charge in [0.2, 0.25) is 5.91 Å². The number of rotatable bonds is 9. The lowest BCUT2D eigenvalue weighted by atomic mass is 10.2. The zero-order valence-corrected chi connectivity index (χ0v) is 16.8. The van der Waals surface area contributed by atoms with E-state index in [1.165, 1.54) is 12.1 Å². The smallest absolute Gasteiger partial charge is 0.387 e. The van der Waals surface area contributed by atoms with E-state index in [-0.39, 0.29) is 17.4 Å². The molecule has 1 aromatic heterocycles. The minimum atomic E-state index is -2.94. The molecule has 0 saturated heterocycles. The van der Waals surface area contributed by atoms with Crippen LogP contribution < -0.4 is 14.8 Å². The molecule has 1 amide bonds. The van der Waals surface area contributed by atoms with Crippen molar-refractivity contribution in [2.45, 2.75) is 27.0 Å². The molecule has 158 valence electrons. The molecule has 30 heavy (non-hydrogen) atoms. The number of carbonyl (C=O) groups excluding carboxylic acids is 1. The van der Waals surface area contributed by atoms with E-state index in [0.29, 0.717) is 25.3 Å². The van der Waals surface area contributed by atoms with Gasteiger partial charge in [0.15, 0.2) is 11.5 Å². The molecule has 0 spiro atoms. The van der Waals surface area contributed by atoms with Gasteiger partial charge in [-0.1, -0.05) is 18.2 Å². The Morgan fingerprint density at radius 2 is 2.03 bits per heavy atom. The summed E-state index contributed by atoms with van der Waals surface area (Å²) in [6.07, 6.45) is 2.97. The largest absolute Gasteiger partial charge is 0.490 e. The summed E-state index contributed by atoms with van der Waals surface area (Å²) >= 11 is 0. The summed E-state index contributed by atoms with van der Waals surface area (Å²) in [5.41, 5.74) is 2.58. The summed E-state index contributed by atoms with van der Waals surface area (Å²) in [7, 11) is 0. The summed E-state index contributed by atoms with van der Waals surface area (Å²) < 4.78 is 36.8. The topological polar surface area (TPSA) is 65.4 Å². The molecular formula is C22H23F2N3O3. The number of nitrogens with one attached hydrogen (secondary N) is 1. The lowest BCUT2D eigenvalue weighted by Gasteiger charge is -2.11. The molecule has 0 atom stereocenters. The number of carbonyl (C=O) groups is 1. The molecule has 0 saturated carbocycles. The van der Waals surface area contributed by atoms with Crippen molar-refractivity contribution in [3.63, 3.8) is 0 Å². The van der Waals surface area contributed by atoms with Gasteiger partial charge >= 0.3 is 6.61 Å². The number of ether oxygens (including phenoxy) is 2. The van der Waals surface area contributed by atoms with E-state index in [1.54, 1.807) is 25.1 Å². The maximum atomic E-state index is 12.5. The number of hydrogen-bond acceptors (Lipinski definition) is 4. The number of para-hydroxylation sites is 2. The van der Waals surface area contributed by atoms with Crippen molar-refractivity contribution in [3.8, 4) is 11.5 Å². The zero-order chi connectivity index (χ0) is 21.5. The first-order valence-electron chi connectivity index (χ1n) is 9.57. The van der Waals surface area contributed by atoms with Gasteiger partial charge in [-0.25, -0.2) is 4.98 Å². The van der Waals surface area contributed by atoms with Crippen LogP contribution in [0.1, 0.15) is 18.3 Å². The fourth-order valence-corrected chi connectivity index (χ4v) is 3.09. The van der Waals surface area contributed by atoms with Gasteiger partial charge in [0, 0.05) is 19.2 Å². The Morgan fingerprint density at radius 1 is 1.23 bits per heavy atom. The van der Waals surface area contributed by atoms with Crippen LogP contribution in [0.3, 0.4) is 0 Å². The van der Waals surface area contributed by atoms with Crippen LogP contribution in [0.5, 0.6) is 11.5 Å². The van der Waals surface area contributed by atoms with E-state index in [2.05, 4.69) is 19.6 Å². The van der Waals surface area contributed by atoms with Gasteiger partial charge in [-0.2, -0.15) is 8.78 Å². The number of amides is 1. The molecule has 0 radical (unpaired) electrons. The summed E-state index contributed by atoms with van der Waals surface area (Å²) in [4.78, 5) is 16.6. The molecule has 6 nitrogen and oxygen atoms in total. The predicted octanol–water partition coefficient (Wildman–Crippen LogP) is 4.17. The van der Waals surface area contributed by atoms with Crippen molar-refractivity contribution in [3.05, 3.63) is 59.9 Å². The molecule has 0 aliphatic carbocycles. The molecule has 0 aliphatic rings. The van der Waals surface area contributed by atoms with Gasteiger partial charge < -0.3 is 19.4 Å². The molecule has 0 aliphatic heterocycles. The average Bonchev–Trinajstić information content (AvgIpc) is 3.03. The molecule has 0 bridgehead atoms. The van der Waals surface area contributed by atoms with Gasteiger partial charge in [-0.3, -0.25) is 4.79 Å². The number of hydrogen-bond donors (Lipinski definition) is 1. The Hall–Kier alpha value is -3.42. The van der Waals surface area contributed by atoms with Gasteiger partial charge in [-0.05, 0) is 49.8 Å². The first-order chi connectivity index (χ1) is 14.5. The Bertz CT molecular complexity index is 1050. The van der Waals surface area contributed by atoms with E-state index in [0.717, 1.165) is 16.9 Å². The van der Waals surface area contributed by atoms with Crippen LogP contribution in [0.2, 0.25) is 0 Å². The molecular weight excluding hydrogens is 392 g/mol. The minimum absolute atomic E-state index is 0.0450. The van der Waals surface area contributed by atoms with Crippen LogP contribution in [-0.2, 0) is 11.3 Å². The van der Waals surface area contributed by atoms with Crippen molar-refractivity contribution in [1.82, 2.24) is 14.9 Å². The van der Waals surface area contributed by atoms with Gasteiger partial charge in [0.25, 0.3) is 0 Å². The zero-order valence-electron chi connectivity index (χ0n) is 16.8. The second kappa shape index (κ2) is 9.87. The number of nitrogens with zero attached hydrogens (tertiary/aromatic N) is 2. The molecule has 1 heterocycles. The fourth-order valence-electron chi connectivity index (χ4n) is 3.09. The van der Waals surface area contributed by atoms with Crippen molar-refractivity contribution < 1.29 is 23.0 Å². The van der Waals surface area contributed by atoms with Crippen molar-refractivity contribution >= 4 is 23.0 Å². The highest BCUT2D eigenvalue weighted by Gasteiger charge is 2.11. The monoisotopic (exact) mass is 415 g/mol. The molecule has 1 N–H and O–H groups in total. The predicted molar refractivity (Wildman–Crippen MR) is 111 cm³/mol. The molecule has 3 rings (SSSR count). The first kappa shape index (κ1) is 21.3. The number of alkyl halides is 2. The SMILES string of the molecule is CCOc1cc(/C=C/C(=O)NCCn2c(C)nc3ccccc32)ccc1OC(F)F. The van der Waals surface area contributed by atoms with E-state index < -0.39 is 6.61 Å². The summed E-state index contributed by atoms with van der Waals surface area (Å²) in [5.74, 6) is 0.776. The third-order valence-electron chi connectivity index (χ3n) is 4.39. The Morgan fingerprint density at radius 3 is 2.80 bits per heavy atom. The van der Waals surface area contributed by atoms with Crippen LogP contribution in [-0.4, -0.2) is 35.2 Å². The Kier molecular flexibility index (Phi) is 7.00. The summed E-state index contributed by atoms with van der Waals surface area (Å²) in [5, 5.41) is 2.83. The van der Waals surface area contributed by atoms with Gasteiger partial charge in [-0.15, -0.1) is 0 Å². The minimum Gasteiger partial charge on any atom is -0.490 e. The van der Waals surface area contributed by atoms with Gasteiger partial charge in [0.1, 0.15) is 5.82 Å². The quantitative estimate of drug-likeness (QED) is 0.533. The molecule has 0 unspecified atom stereocenters. The van der Waals surface area contributed by atoms with Crippen LogP contribution in [0, 0.1) is 6.92 Å². The van der Waals surface area contributed by atoms with E-state index in [4.69, 9.17) is 4.74 Å². The molecule has 0 fully saturated rings. The van der Waals surface area contributed by atoms with Gasteiger partial charge in [0.05, 0.1) is 17.6 Å². The Labute approximate surface area is 173 Å². The molecule has 2 aromatic carbocycles. The Balaban J connectivity index is 1.59. The second-order valence-corrected chi connectivity index (χ2v) is 6.44. The van der Waals surface area contributed by atoms with E-state index in [1.807, 2.05) is 31.2 Å². The number of aromatic nitrogens is 2. The number of aryl methyl sites for hydroxylation is 1. The van der Waals surface area contributed by atoms with Crippen LogP contribution >= 0.6 is 0 Å². The number of fused-ring (bicyclic) bond motifs is 1. The lowest BCUT2D eigenvalue weighted by Crippen LogP contribution is -2.25. The number of benzene rings is 2. The van der Waals surface area contributed by atoms with Crippen molar-refractivity contribution in [2.75, 3.05) is 13.2 Å².